The van der Waals surface area contributed by atoms with E-state index in [0.29, 0.717) is 0 Å². The lowest BCUT2D eigenvalue weighted by molar-refractivity contribution is -0.120. The van der Waals surface area contributed by atoms with Crippen LogP contribution in [0.3, 0.4) is 0 Å². The molecule has 3 nitrogen and oxygen atoms in total. The lowest BCUT2D eigenvalue weighted by Gasteiger charge is -2.23. The molecular formula is C7H15ClN2O. The Bertz CT molecular complexity index is 143. The smallest absolute Gasteiger partial charge is 0.217 e. The summed E-state index contributed by atoms with van der Waals surface area (Å²) < 4.78 is 0. The maximum atomic E-state index is 10.7. The van der Waals surface area contributed by atoms with Crippen LogP contribution in [0, 0.1) is 0 Å². The molecule has 0 aromatic carbocycles. The van der Waals surface area contributed by atoms with Gasteiger partial charge in [0, 0.05) is 13.5 Å². The second kappa shape index (κ2) is 3.93. The zero-order chi connectivity index (χ0) is 7.61. The van der Waals surface area contributed by atoms with E-state index in [1.54, 1.807) is 6.92 Å². The van der Waals surface area contributed by atoms with Gasteiger partial charge in [-0.25, -0.2) is 0 Å². The second-order valence-electron chi connectivity index (χ2n) is 3.17. The van der Waals surface area contributed by atoms with Crippen molar-refractivity contribution in [3.63, 3.8) is 0 Å². The monoisotopic (exact) mass is 178 g/mol. The van der Waals surface area contributed by atoms with Crippen LogP contribution in [0.2, 0.25) is 0 Å². The molecule has 1 rings (SSSR count). The van der Waals surface area contributed by atoms with E-state index in [9.17, 15) is 4.79 Å². The van der Waals surface area contributed by atoms with E-state index in [0.717, 1.165) is 19.5 Å². The minimum absolute atomic E-state index is 0. The Morgan fingerprint density at radius 1 is 1.64 bits per heavy atom. The third-order valence-electron chi connectivity index (χ3n) is 1.85. The van der Waals surface area contributed by atoms with E-state index in [4.69, 9.17) is 0 Å². The summed E-state index contributed by atoms with van der Waals surface area (Å²) in [5.41, 5.74) is 0.00579. The molecule has 1 heterocycles. The van der Waals surface area contributed by atoms with Crippen LogP contribution in [0.15, 0.2) is 0 Å². The van der Waals surface area contributed by atoms with Crippen molar-refractivity contribution >= 4 is 18.3 Å². The normalized spacial score (nSPS) is 29.3. The van der Waals surface area contributed by atoms with E-state index in [-0.39, 0.29) is 23.9 Å². The first kappa shape index (κ1) is 10.7. The zero-order valence-electron chi connectivity index (χ0n) is 6.94. The van der Waals surface area contributed by atoms with Gasteiger partial charge in [0.05, 0.1) is 5.54 Å². The van der Waals surface area contributed by atoms with Gasteiger partial charge in [-0.2, -0.15) is 0 Å². The first-order chi connectivity index (χ1) is 4.62. The molecule has 11 heavy (non-hydrogen) atoms. The van der Waals surface area contributed by atoms with Crippen LogP contribution in [0.25, 0.3) is 0 Å². The molecule has 1 amide bonds. The summed E-state index contributed by atoms with van der Waals surface area (Å²) in [4.78, 5) is 10.7. The highest BCUT2D eigenvalue weighted by atomic mass is 35.5. The Morgan fingerprint density at radius 3 is 2.64 bits per heavy atom. The van der Waals surface area contributed by atoms with Crippen LogP contribution in [0.4, 0.5) is 0 Å². The number of amides is 1. The summed E-state index contributed by atoms with van der Waals surface area (Å²) in [6.45, 7) is 5.53. The molecule has 1 fully saturated rings. The summed E-state index contributed by atoms with van der Waals surface area (Å²) in [7, 11) is 0. The summed E-state index contributed by atoms with van der Waals surface area (Å²) >= 11 is 0. The van der Waals surface area contributed by atoms with Crippen molar-refractivity contribution in [2.24, 2.45) is 0 Å². The van der Waals surface area contributed by atoms with Gasteiger partial charge in [0.25, 0.3) is 0 Å². The Balaban J connectivity index is 0.000001000. The average Bonchev–Trinajstić information content (AvgIpc) is 2.12. The third kappa shape index (κ3) is 3.08. The molecule has 0 aliphatic carbocycles. The van der Waals surface area contributed by atoms with Crippen molar-refractivity contribution in [3.05, 3.63) is 0 Å². The molecule has 0 saturated carbocycles. The minimum Gasteiger partial charge on any atom is -0.350 e. The van der Waals surface area contributed by atoms with Gasteiger partial charge in [0.15, 0.2) is 0 Å². The van der Waals surface area contributed by atoms with E-state index in [1.807, 2.05) is 0 Å². The molecule has 1 aliphatic rings. The number of hydrogen-bond acceptors (Lipinski definition) is 2. The molecule has 1 aliphatic heterocycles. The zero-order valence-corrected chi connectivity index (χ0v) is 7.75. The molecule has 1 unspecified atom stereocenters. The number of nitrogens with one attached hydrogen (secondary N) is 2. The number of carbonyl (C=O) groups is 1. The van der Waals surface area contributed by atoms with Crippen molar-refractivity contribution in [3.8, 4) is 0 Å². The van der Waals surface area contributed by atoms with E-state index >= 15 is 0 Å². The summed E-state index contributed by atoms with van der Waals surface area (Å²) in [6.07, 6.45) is 1.03. The maximum absolute atomic E-state index is 10.7. The summed E-state index contributed by atoms with van der Waals surface area (Å²) in [6, 6.07) is 0. The fraction of sp³-hybridized carbons (Fsp3) is 0.857. The number of carbonyl (C=O) groups excluding carboxylic acids is 1. The molecular weight excluding hydrogens is 164 g/mol. The maximum Gasteiger partial charge on any atom is 0.217 e. The molecule has 0 bridgehead atoms. The third-order valence-corrected chi connectivity index (χ3v) is 1.85. The molecule has 0 aromatic heterocycles. The lowest BCUT2D eigenvalue weighted by Crippen LogP contribution is -2.46. The Kier molecular flexibility index (Phi) is 3.83. The van der Waals surface area contributed by atoms with Crippen LogP contribution in [0.5, 0.6) is 0 Å². The Labute approximate surface area is 73.3 Å². The molecule has 66 valence electrons. The predicted octanol–water partition coefficient (Wildman–Crippen LogP) is 0.296. The van der Waals surface area contributed by atoms with E-state index in [2.05, 4.69) is 17.6 Å². The van der Waals surface area contributed by atoms with E-state index < -0.39 is 0 Å². The number of halogens is 1. The van der Waals surface area contributed by atoms with Gasteiger partial charge in [-0.05, 0) is 19.9 Å². The molecule has 1 saturated heterocycles. The summed E-state index contributed by atoms with van der Waals surface area (Å²) in [5, 5.41) is 6.12. The SMILES string of the molecule is CC(=O)NC1(C)CCNC1.Cl. The molecule has 0 radical (unpaired) electrons. The lowest BCUT2D eigenvalue weighted by atomic mass is 10.0. The van der Waals surface area contributed by atoms with E-state index in [1.165, 1.54) is 0 Å². The molecule has 2 N–H and O–H groups in total. The Morgan fingerprint density at radius 2 is 2.27 bits per heavy atom. The molecule has 1 atom stereocenters. The van der Waals surface area contributed by atoms with Crippen molar-refractivity contribution in [1.82, 2.24) is 10.6 Å². The standard InChI is InChI=1S/C7H14N2O.ClH/c1-6(10)9-7(2)3-4-8-5-7;/h8H,3-5H2,1-2H3,(H,9,10);1H. The highest BCUT2D eigenvalue weighted by Crippen LogP contribution is 2.12. The fourth-order valence-corrected chi connectivity index (χ4v) is 1.35. The molecule has 4 heteroatoms. The van der Waals surface area contributed by atoms with Gasteiger partial charge in [0.1, 0.15) is 0 Å². The number of hydrogen-bond donors (Lipinski definition) is 2. The predicted molar refractivity (Wildman–Crippen MR) is 47.0 cm³/mol. The quantitative estimate of drug-likeness (QED) is 0.607. The highest BCUT2D eigenvalue weighted by molar-refractivity contribution is 5.85. The van der Waals surface area contributed by atoms with Crippen LogP contribution >= 0.6 is 12.4 Å². The first-order valence-electron chi connectivity index (χ1n) is 3.62. The van der Waals surface area contributed by atoms with Crippen molar-refractivity contribution in [2.45, 2.75) is 25.8 Å². The average molecular weight is 179 g/mol. The van der Waals surface area contributed by atoms with Gasteiger partial charge in [0.2, 0.25) is 5.91 Å². The highest BCUT2D eigenvalue weighted by Gasteiger charge is 2.28. The summed E-state index contributed by atoms with van der Waals surface area (Å²) in [5.74, 6) is 0.0613. The van der Waals surface area contributed by atoms with Crippen LogP contribution in [-0.2, 0) is 4.79 Å². The van der Waals surface area contributed by atoms with Gasteiger partial charge in [-0.3, -0.25) is 4.79 Å². The Hall–Kier alpha value is -0.280. The van der Waals surface area contributed by atoms with Gasteiger partial charge >= 0.3 is 0 Å². The van der Waals surface area contributed by atoms with Crippen molar-refractivity contribution < 1.29 is 4.79 Å². The first-order valence-corrected chi connectivity index (χ1v) is 3.62. The molecule has 0 aromatic rings. The minimum atomic E-state index is 0. The van der Waals surface area contributed by atoms with Gasteiger partial charge in [-0.15, -0.1) is 12.4 Å². The largest absolute Gasteiger partial charge is 0.350 e. The van der Waals surface area contributed by atoms with Crippen molar-refractivity contribution in [1.29, 1.82) is 0 Å². The van der Waals surface area contributed by atoms with Crippen LogP contribution in [-0.4, -0.2) is 24.5 Å². The topological polar surface area (TPSA) is 41.1 Å². The van der Waals surface area contributed by atoms with Gasteiger partial charge < -0.3 is 10.6 Å². The fourth-order valence-electron chi connectivity index (χ4n) is 1.35. The number of rotatable bonds is 1. The van der Waals surface area contributed by atoms with Gasteiger partial charge in [-0.1, -0.05) is 0 Å². The molecule has 0 spiro atoms. The van der Waals surface area contributed by atoms with Crippen LogP contribution < -0.4 is 10.6 Å². The van der Waals surface area contributed by atoms with Crippen LogP contribution in [0.1, 0.15) is 20.3 Å². The van der Waals surface area contributed by atoms with Crippen molar-refractivity contribution in [2.75, 3.05) is 13.1 Å². The second-order valence-corrected chi connectivity index (χ2v) is 3.17.